The first-order valence-corrected chi connectivity index (χ1v) is 4.83. The lowest BCUT2D eigenvalue weighted by atomic mass is 10.1. The third-order valence-corrected chi connectivity index (χ3v) is 1.96. The van der Waals surface area contributed by atoms with E-state index in [0.29, 0.717) is 13.1 Å². The Labute approximate surface area is 88.6 Å². The lowest BCUT2D eigenvalue weighted by molar-refractivity contribution is -0.136. The molecule has 0 unspecified atom stereocenters. The maximum absolute atomic E-state index is 10.5. The molecule has 1 aromatic rings. The molecule has 0 saturated carbocycles. The van der Waals surface area contributed by atoms with Crippen molar-refractivity contribution in [3.05, 3.63) is 35.4 Å². The summed E-state index contributed by atoms with van der Waals surface area (Å²) in [5, 5.41) is 20.2. The molecule has 0 radical (unpaired) electrons. The molecule has 15 heavy (non-hydrogen) atoms. The van der Waals surface area contributed by atoms with Gasteiger partial charge in [-0.15, -0.1) is 0 Å². The van der Waals surface area contributed by atoms with E-state index in [4.69, 9.17) is 10.2 Å². The highest BCUT2D eigenvalue weighted by molar-refractivity contribution is 5.70. The molecule has 0 saturated heterocycles. The van der Waals surface area contributed by atoms with Crippen LogP contribution in [-0.2, 0) is 17.8 Å². The number of hydrogen-bond donors (Lipinski definition) is 3. The molecule has 0 aliphatic heterocycles. The highest BCUT2D eigenvalue weighted by atomic mass is 16.4. The second-order valence-corrected chi connectivity index (χ2v) is 3.29. The normalized spacial score (nSPS) is 10.2. The van der Waals surface area contributed by atoms with E-state index in [1.807, 2.05) is 18.2 Å². The molecule has 0 aliphatic carbocycles. The number of aliphatic carboxylic acids is 1. The molecule has 0 fully saturated rings. The van der Waals surface area contributed by atoms with Crippen LogP contribution in [0.2, 0.25) is 0 Å². The Bertz CT molecular complexity index is 325. The standard InChI is InChI=1S/C11H15NO3/c13-5-4-12-8-10-3-1-2-9(6-10)7-11(14)15/h1-3,6,12-13H,4-5,7-8H2,(H,14,15). The quantitative estimate of drug-likeness (QED) is 0.593. The van der Waals surface area contributed by atoms with Crippen LogP contribution in [0.4, 0.5) is 0 Å². The molecule has 0 spiro atoms. The number of carbonyl (C=O) groups is 1. The van der Waals surface area contributed by atoms with Crippen molar-refractivity contribution in [1.82, 2.24) is 5.32 Å². The summed E-state index contributed by atoms with van der Waals surface area (Å²) in [6, 6.07) is 7.42. The molecule has 1 rings (SSSR count). The molecule has 0 atom stereocenters. The van der Waals surface area contributed by atoms with E-state index < -0.39 is 5.97 Å². The number of nitrogens with one attached hydrogen (secondary N) is 1. The van der Waals surface area contributed by atoms with Gasteiger partial charge in [-0.05, 0) is 11.1 Å². The molecule has 0 bridgehead atoms. The zero-order valence-corrected chi connectivity index (χ0v) is 8.44. The third kappa shape index (κ3) is 4.58. The summed E-state index contributed by atoms with van der Waals surface area (Å²) in [6.45, 7) is 1.30. The van der Waals surface area contributed by atoms with E-state index in [9.17, 15) is 4.79 Å². The molecule has 0 aromatic heterocycles. The average molecular weight is 209 g/mol. The summed E-state index contributed by atoms with van der Waals surface area (Å²) in [6.07, 6.45) is 0.0494. The minimum absolute atomic E-state index is 0.0494. The van der Waals surface area contributed by atoms with Gasteiger partial charge in [-0.25, -0.2) is 0 Å². The van der Waals surface area contributed by atoms with Crippen LogP contribution in [-0.4, -0.2) is 29.3 Å². The fourth-order valence-electron chi connectivity index (χ4n) is 1.34. The van der Waals surface area contributed by atoms with E-state index >= 15 is 0 Å². The molecule has 4 heteroatoms. The summed E-state index contributed by atoms with van der Waals surface area (Å²) in [4.78, 5) is 10.5. The Balaban J connectivity index is 2.53. The van der Waals surface area contributed by atoms with Crippen LogP contribution in [0.3, 0.4) is 0 Å². The number of carboxylic acids is 1. The Hall–Kier alpha value is -1.39. The smallest absolute Gasteiger partial charge is 0.307 e. The zero-order chi connectivity index (χ0) is 11.1. The number of carboxylic acid groups (broad SMARTS) is 1. The van der Waals surface area contributed by atoms with Gasteiger partial charge >= 0.3 is 5.97 Å². The molecule has 1 aromatic carbocycles. The van der Waals surface area contributed by atoms with Crippen molar-refractivity contribution < 1.29 is 15.0 Å². The van der Waals surface area contributed by atoms with Crippen LogP contribution in [0.1, 0.15) is 11.1 Å². The number of benzene rings is 1. The molecule has 0 heterocycles. The van der Waals surface area contributed by atoms with Crippen molar-refractivity contribution in [2.24, 2.45) is 0 Å². The minimum atomic E-state index is -0.824. The van der Waals surface area contributed by atoms with E-state index in [1.165, 1.54) is 0 Å². The third-order valence-electron chi connectivity index (χ3n) is 1.96. The van der Waals surface area contributed by atoms with E-state index in [1.54, 1.807) is 6.07 Å². The lowest BCUT2D eigenvalue weighted by Gasteiger charge is -2.04. The van der Waals surface area contributed by atoms with Gasteiger partial charge in [0.05, 0.1) is 13.0 Å². The van der Waals surface area contributed by atoms with Gasteiger partial charge in [-0.2, -0.15) is 0 Å². The van der Waals surface area contributed by atoms with Crippen LogP contribution in [0, 0.1) is 0 Å². The molecule has 0 amide bonds. The van der Waals surface area contributed by atoms with Crippen molar-refractivity contribution >= 4 is 5.97 Å². The maximum Gasteiger partial charge on any atom is 0.307 e. The first kappa shape index (κ1) is 11.7. The Morgan fingerprint density at radius 1 is 1.33 bits per heavy atom. The van der Waals surface area contributed by atoms with E-state index in [2.05, 4.69) is 5.32 Å². The monoisotopic (exact) mass is 209 g/mol. The van der Waals surface area contributed by atoms with Crippen molar-refractivity contribution in [3.63, 3.8) is 0 Å². The lowest BCUT2D eigenvalue weighted by Crippen LogP contribution is -2.17. The summed E-state index contributed by atoms with van der Waals surface area (Å²) < 4.78 is 0. The van der Waals surface area contributed by atoms with Crippen LogP contribution in [0.25, 0.3) is 0 Å². The molecular formula is C11H15NO3. The van der Waals surface area contributed by atoms with Crippen LogP contribution in [0.15, 0.2) is 24.3 Å². The summed E-state index contributed by atoms with van der Waals surface area (Å²) >= 11 is 0. The largest absolute Gasteiger partial charge is 0.481 e. The van der Waals surface area contributed by atoms with Crippen molar-refractivity contribution in [3.8, 4) is 0 Å². The number of aliphatic hydroxyl groups excluding tert-OH is 1. The highest BCUT2D eigenvalue weighted by Crippen LogP contribution is 2.05. The first-order valence-electron chi connectivity index (χ1n) is 4.83. The van der Waals surface area contributed by atoms with Crippen LogP contribution < -0.4 is 5.32 Å². The molecule has 82 valence electrons. The van der Waals surface area contributed by atoms with Gasteiger partial charge in [-0.1, -0.05) is 24.3 Å². The minimum Gasteiger partial charge on any atom is -0.481 e. The van der Waals surface area contributed by atoms with Gasteiger partial charge in [-0.3, -0.25) is 4.79 Å². The zero-order valence-electron chi connectivity index (χ0n) is 8.44. The van der Waals surface area contributed by atoms with Crippen molar-refractivity contribution in [2.45, 2.75) is 13.0 Å². The Morgan fingerprint density at radius 2 is 2.07 bits per heavy atom. The Morgan fingerprint density at radius 3 is 2.73 bits per heavy atom. The van der Waals surface area contributed by atoms with E-state index in [0.717, 1.165) is 11.1 Å². The highest BCUT2D eigenvalue weighted by Gasteiger charge is 2.00. The van der Waals surface area contributed by atoms with E-state index in [-0.39, 0.29) is 13.0 Å². The molecule has 0 aliphatic rings. The molecule has 3 N–H and O–H groups in total. The molecular weight excluding hydrogens is 194 g/mol. The number of hydrogen-bond acceptors (Lipinski definition) is 3. The predicted octanol–water partition coefficient (Wildman–Crippen LogP) is 0.396. The predicted molar refractivity (Wildman–Crippen MR) is 56.6 cm³/mol. The van der Waals surface area contributed by atoms with Gasteiger partial charge in [0.15, 0.2) is 0 Å². The summed E-state index contributed by atoms with van der Waals surface area (Å²) in [7, 11) is 0. The summed E-state index contributed by atoms with van der Waals surface area (Å²) in [5.41, 5.74) is 1.83. The SMILES string of the molecule is O=C(O)Cc1cccc(CNCCO)c1. The number of aliphatic hydroxyl groups is 1. The van der Waals surface area contributed by atoms with Crippen LogP contribution >= 0.6 is 0 Å². The van der Waals surface area contributed by atoms with Gasteiger partial charge < -0.3 is 15.5 Å². The fraction of sp³-hybridized carbons (Fsp3) is 0.364. The number of rotatable bonds is 6. The van der Waals surface area contributed by atoms with Crippen molar-refractivity contribution in [2.75, 3.05) is 13.2 Å². The van der Waals surface area contributed by atoms with Crippen LogP contribution in [0.5, 0.6) is 0 Å². The topological polar surface area (TPSA) is 69.6 Å². The first-order chi connectivity index (χ1) is 7.22. The molecule has 4 nitrogen and oxygen atoms in total. The van der Waals surface area contributed by atoms with Gasteiger partial charge in [0.2, 0.25) is 0 Å². The second kappa shape index (κ2) is 6.16. The second-order valence-electron chi connectivity index (χ2n) is 3.29. The van der Waals surface area contributed by atoms with Crippen molar-refractivity contribution in [1.29, 1.82) is 0 Å². The van der Waals surface area contributed by atoms with Gasteiger partial charge in [0.25, 0.3) is 0 Å². The average Bonchev–Trinajstić information content (AvgIpc) is 2.18. The maximum atomic E-state index is 10.5. The fourth-order valence-corrected chi connectivity index (χ4v) is 1.34. The van der Waals surface area contributed by atoms with Gasteiger partial charge in [0.1, 0.15) is 0 Å². The van der Waals surface area contributed by atoms with Gasteiger partial charge in [0, 0.05) is 13.1 Å². The summed E-state index contributed by atoms with van der Waals surface area (Å²) in [5.74, 6) is -0.824. The Kier molecular flexibility index (Phi) is 4.80.